The van der Waals surface area contributed by atoms with Crippen molar-refractivity contribution in [3.05, 3.63) is 59.8 Å². The lowest BCUT2D eigenvalue weighted by atomic mass is 10.2. The number of fused-ring (bicyclic) bond motifs is 1. The molecule has 0 aliphatic heterocycles. The number of hydrogen-bond donors (Lipinski definition) is 2. The average molecular weight is 285 g/mol. The highest BCUT2D eigenvalue weighted by Gasteiger charge is 2.13. The Morgan fingerprint density at radius 2 is 2.14 bits per heavy atom. The predicted octanol–water partition coefficient (Wildman–Crippen LogP) is 1.38. The molecule has 0 atom stereocenters. The molecule has 2 aromatic heterocycles. The number of rotatable bonds is 3. The van der Waals surface area contributed by atoms with Gasteiger partial charge in [0.15, 0.2) is 11.5 Å². The fourth-order valence-corrected chi connectivity index (χ4v) is 1.98. The molecule has 0 aliphatic rings. The van der Waals surface area contributed by atoms with Gasteiger partial charge in [-0.1, -0.05) is 6.07 Å². The number of anilines is 1. The number of nitrogen functional groups attached to an aromatic ring is 1. The van der Waals surface area contributed by atoms with Gasteiger partial charge in [-0.25, -0.2) is 4.39 Å². The Balaban J connectivity index is 1.77. The highest BCUT2D eigenvalue weighted by Crippen LogP contribution is 2.12. The lowest BCUT2D eigenvalue weighted by molar-refractivity contribution is 0.0946. The fraction of sp³-hybridized carbons (Fsp3) is 0.0714. The van der Waals surface area contributed by atoms with Crippen molar-refractivity contribution >= 4 is 17.2 Å². The van der Waals surface area contributed by atoms with E-state index in [2.05, 4.69) is 15.5 Å². The largest absolute Gasteiger partial charge is 0.399 e. The minimum Gasteiger partial charge on any atom is -0.399 e. The molecule has 1 amide bonds. The van der Waals surface area contributed by atoms with E-state index in [-0.39, 0.29) is 17.8 Å². The van der Waals surface area contributed by atoms with E-state index in [1.807, 2.05) is 12.1 Å². The van der Waals surface area contributed by atoms with E-state index in [1.54, 1.807) is 16.7 Å². The van der Waals surface area contributed by atoms with Crippen molar-refractivity contribution in [2.75, 3.05) is 5.73 Å². The lowest BCUT2D eigenvalue weighted by Gasteiger charge is -2.05. The third kappa shape index (κ3) is 2.53. The SMILES string of the molecule is Nc1ccc(C(=O)NCc2nnc3ccccn23)c(F)c1. The summed E-state index contributed by atoms with van der Waals surface area (Å²) in [5.74, 6) is -0.617. The summed E-state index contributed by atoms with van der Waals surface area (Å²) in [6.45, 7) is 0.147. The van der Waals surface area contributed by atoms with Crippen molar-refractivity contribution in [1.82, 2.24) is 19.9 Å². The maximum Gasteiger partial charge on any atom is 0.254 e. The van der Waals surface area contributed by atoms with Gasteiger partial charge in [0.2, 0.25) is 0 Å². The molecule has 0 unspecified atom stereocenters. The predicted molar refractivity (Wildman–Crippen MR) is 75.0 cm³/mol. The molecule has 0 radical (unpaired) electrons. The summed E-state index contributed by atoms with van der Waals surface area (Å²) in [4.78, 5) is 12.0. The minimum atomic E-state index is -0.654. The Bertz CT molecular complexity index is 814. The zero-order valence-electron chi connectivity index (χ0n) is 11.0. The van der Waals surface area contributed by atoms with E-state index in [9.17, 15) is 9.18 Å². The van der Waals surface area contributed by atoms with Crippen LogP contribution in [0.1, 0.15) is 16.2 Å². The Morgan fingerprint density at radius 3 is 2.95 bits per heavy atom. The number of nitrogens with one attached hydrogen (secondary N) is 1. The van der Waals surface area contributed by atoms with Gasteiger partial charge in [0.1, 0.15) is 5.82 Å². The zero-order valence-corrected chi connectivity index (χ0v) is 11.0. The topological polar surface area (TPSA) is 85.3 Å². The Morgan fingerprint density at radius 1 is 1.29 bits per heavy atom. The number of pyridine rings is 1. The van der Waals surface area contributed by atoms with Crippen LogP contribution >= 0.6 is 0 Å². The van der Waals surface area contributed by atoms with Crippen LogP contribution in [0.25, 0.3) is 5.65 Å². The molecule has 7 heteroatoms. The molecule has 0 saturated heterocycles. The first-order chi connectivity index (χ1) is 10.1. The Hall–Kier alpha value is -2.96. The van der Waals surface area contributed by atoms with Gasteiger partial charge in [0, 0.05) is 11.9 Å². The molecular weight excluding hydrogens is 273 g/mol. The fourth-order valence-electron chi connectivity index (χ4n) is 1.98. The molecule has 3 N–H and O–H groups in total. The number of aromatic nitrogens is 3. The number of carbonyl (C=O) groups excluding carboxylic acids is 1. The molecule has 1 aromatic carbocycles. The number of nitrogens with zero attached hydrogens (tertiary/aromatic N) is 3. The molecule has 6 nitrogen and oxygen atoms in total. The summed E-state index contributed by atoms with van der Waals surface area (Å²) < 4.78 is 15.4. The summed E-state index contributed by atoms with van der Waals surface area (Å²) in [5, 5.41) is 10.6. The zero-order chi connectivity index (χ0) is 14.8. The average Bonchev–Trinajstić information content (AvgIpc) is 2.88. The molecule has 2 heterocycles. The molecule has 0 spiro atoms. The third-order valence-corrected chi connectivity index (χ3v) is 3.03. The standard InChI is InChI=1S/C14H12FN5O/c15-11-7-9(16)4-5-10(11)14(21)17-8-13-19-18-12-3-1-2-6-20(12)13/h1-7H,8,16H2,(H,17,21). The van der Waals surface area contributed by atoms with E-state index in [1.165, 1.54) is 12.1 Å². The third-order valence-electron chi connectivity index (χ3n) is 3.03. The Labute approximate surface area is 119 Å². The quantitative estimate of drug-likeness (QED) is 0.712. The van der Waals surface area contributed by atoms with Gasteiger partial charge in [-0.05, 0) is 30.3 Å². The lowest BCUT2D eigenvalue weighted by Crippen LogP contribution is -2.25. The smallest absolute Gasteiger partial charge is 0.254 e. The molecule has 106 valence electrons. The van der Waals surface area contributed by atoms with E-state index >= 15 is 0 Å². The maximum absolute atomic E-state index is 13.6. The van der Waals surface area contributed by atoms with Crippen LogP contribution in [-0.4, -0.2) is 20.5 Å². The molecule has 3 rings (SSSR count). The van der Waals surface area contributed by atoms with Crippen LogP contribution in [0.3, 0.4) is 0 Å². The summed E-state index contributed by atoms with van der Waals surface area (Å²) in [6, 6.07) is 9.42. The van der Waals surface area contributed by atoms with Crippen molar-refractivity contribution in [2.45, 2.75) is 6.54 Å². The van der Waals surface area contributed by atoms with Gasteiger partial charge >= 0.3 is 0 Å². The Kier molecular flexibility index (Phi) is 3.23. The molecule has 0 aliphatic carbocycles. The van der Waals surface area contributed by atoms with Gasteiger partial charge in [-0.2, -0.15) is 0 Å². The summed E-state index contributed by atoms with van der Waals surface area (Å²) in [6.07, 6.45) is 1.79. The number of halogens is 1. The highest BCUT2D eigenvalue weighted by atomic mass is 19.1. The van der Waals surface area contributed by atoms with Crippen LogP contribution in [0, 0.1) is 5.82 Å². The normalized spacial score (nSPS) is 10.7. The molecule has 3 aromatic rings. The minimum absolute atomic E-state index is 0.0574. The van der Waals surface area contributed by atoms with Crippen molar-refractivity contribution < 1.29 is 9.18 Å². The van der Waals surface area contributed by atoms with Gasteiger partial charge < -0.3 is 11.1 Å². The van der Waals surface area contributed by atoms with Crippen molar-refractivity contribution in [3.8, 4) is 0 Å². The summed E-state index contributed by atoms with van der Waals surface area (Å²) in [7, 11) is 0. The van der Waals surface area contributed by atoms with Crippen LogP contribution in [0.5, 0.6) is 0 Å². The van der Waals surface area contributed by atoms with Crippen LogP contribution in [0.15, 0.2) is 42.6 Å². The monoisotopic (exact) mass is 285 g/mol. The van der Waals surface area contributed by atoms with Crippen LogP contribution < -0.4 is 11.1 Å². The van der Waals surface area contributed by atoms with E-state index in [0.717, 1.165) is 6.07 Å². The second-order valence-electron chi connectivity index (χ2n) is 4.47. The molecule has 21 heavy (non-hydrogen) atoms. The first-order valence-corrected chi connectivity index (χ1v) is 6.27. The van der Waals surface area contributed by atoms with Crippen LogP contribution in [0.2, 0.25) is 0 Å². The van der Waals surface area contributed by atoms with E-state index in [0.29, 0.717) is 11.5 Å². The van der Waals surface area contributed by atoms with Gasteiger partial charge in [-0.15, -0.1) is 10.2 Å². The second kappa shape index (κ2) is 5.20. The maximum atomic E-state index is 13.6. The van der Waals surface area contributed by atoms with Crippen molar-refractivity contribution in [2.24, 2.45) is 0 Å². The van der Waals surface area contributed by atoms with Gasteiger partial charge in [0.05, 0.1) is 12.1 Å². The molecule has 0 fully saturated rings. The van der Waals surface area contributed by atoms with Crippen LogP contribution in [-0.2, 0) is 6.54 Å². The van der Waals surface area contributed by atoms with Crippen molar-refractivity contribution in [3.63, 3.8) is 0 Å². The molecular formula is C14H12FN5O. The van der Waals surface area contributed by atoms with Gasteiger partial charge in [0.25, 0.3) is 5.91 Å². The number of benzene rings is 1. The number of nitrogens with two attached hydrogens (primary N) is 1. The van der Waals surface area contributed by atoms with Crippen molar-refractivity contribution in [1.29, 1.82) is 0 Å². The van der Waals surface area contributed by atoms with E-state index in [4.69, 9.17) is 5.73 Å². The van der Waals surface area contributed by atoms with E-state index < -0.39 is 11.7 Å². The van der Waals surface area contributed by atoms with Gasteiger partial charge in [-0.3, -0.25) is 9.20 Å². The highest BCUT2D eigenvalue weighted by molar-refractivity contribution is 5.94. The number of hydrogen-bond acceptors (Lipinski definition) is 4. The first-order valence-electron chi connectivity index (χ1n) is 6.27. The van der Waals surface area contributed by atoms with Crippen LogP contribution in [0.4, 0.5) is 10.1 Å². The number of amides is 1. The second-order valence-corrected chi connectivity index (χ2v) is 4.47. The summed E-state index contributed by atoms with van der Waals surface area (Å²) in [5.41, 5.74) is 6.34. The summed E-state index contributed by atoms with van der Waals surface area (Å²) >= 11 is 0. The molecule has 0 saturated carbocycles. The first kappa shape index (κ1) is 13.0. The number of carbonyl (C=O) groups is 1. The molecule has 0 bridgehead atoms.